The van der Waals surface area contributed by atoms with Gasteiger partial charge in [-0.05, 0) is 38.7 Å². The number of esters is 1. The zero-order valence-corrected chi connectivity index (χ0v) is 17.4. The average Bonchev–Trinajstić information content (AvgIpc) is 2.57. The second kappa shape index (κ2) is 11.6. The summed E-state index contributed by atoms with van der Waals surface area (Å²) in [7, 11) is 0. The van der Waals surface area contributed by atoms with Gasteiger partial charge in [-0.3, -0.25) is 4.79 Å². The van der Waals surface area contributed by atoms with Gasteiger partial charge in [0.2, 0.25) is 0 Å². The first-order valence-electron chi connectivity index (χ1n) is 9.88. The van der Waals surface area contributed by atoms with E-state index < -0.39 is 11.7 Å². The van der Waals surface area contributed by atoms with E-state index in [0.29, 0.717) is 5.92 Å². The van der Waals surface area contributed by atoms with Crippen molar-refractivity contribution in [2.24, 2.45) is 5.92 Å². The van der Waals surface area contributed by atoms with Gasteiger partial charge in [0, 0.05) is 6.04 Å². The lowest BCUT2D eigenvalue weighted by Crippen LogP contribution is -2.39. The molecule has 1 rings (SSSR count). The highest BCUT2D eigenvalue weighted by atomic mass is 16.6. The maximum absolute atomic E-state index is 12.2. The molecule has 27 heavy (non-hydrogen) atoms. The third-order valence-electron chi connectivity index (χ3n) is 4.11. The average molecular weight is 378 g/mol. The van der Waals surface area contributed by atoms with Crippen LogP contribution >= 0.6 is 0 Å². The molecule has 0 bridgehead atoms. The Kier molecular flexibility index (Phi) is 9.90. The Hall–Kier alpha value is -2.04. The normalized spacial score (nSPS) is 13.5. The van der Waals surface area contributed by atoms with Crippen molar-refractivity contribution in [2.75, 3.05) is 0 Å². The molecule has 0 unspecified atom stereocenters. The van der Waals surface area contributed by atoms with Crippen LogP contribution in [0.15, 0.2) is 30.3 Å². The molecule has 0 saturated heterocycles. The van der Waals surface area contributed by atoms with Crippen molar-refractivity contribution in [3.8, 4) is 0 Å². The third kappa shape index (κ3) is 11.3. The zero-order chi connectivity index (χ0) is 20.3. The van der Waals surface area contributed by atoms with Gasteiger partial charge in [0.15, 0.2) is 0 Å². The molecule has 152 valence electrons. The maximum Gasteiger partial charge on any atom is 0.407 e. The van der Waals surface area contributed by atoms with Gasteiger partial charge in [0.05, 0.1) is 6.42 Å². The Balaban J connectivity index is 2.59. The molecule has 1 amide bonds. The van der Waals surface area contributed by atoms with Gasteiger partial charge in [0.1, 0.15) is 12.2 Å². The van der Waals surface area contributed by atoms with Gasteiger partial charge in [-0.25, -0.2) is 4.79 Å². The van der Waals surface area contributed by atoms with Crippen LogP contribution in [0.2, 0.25) is 0 Å². The first kappa shape index (κ1) is 23.0. The summed E-state index contributed by atoms with van der Waals surface area (Å²) < 4.78 is 10.7. The number of benzene rings is 1. The fraction of sp³-hybridized carbons (Fsp3) is 0.636. The molecular weight excluding hydrogens is 342 g/mol. The number of carbonyl (C=O) groups excluding carboxylic acids is 2. The summed E-state index contributed by atoms with van der Waals surface area (Å²) in [6.07, 6.45) is 3.71. The van der Waals surface area contributed by atoms with Gasteiger partial charge < -0.3 is 14.8 Å². The van der Waals surface area contributed by atoms with Crippen LogP contribution in [0.25, 0.3) is 0 Å². The minimum absolute atomic E-state index is 0.147. The Bertz CT molecular complexity index is 565. The van der Waals surface area contributed by atoms with Gasteiger partial charge in [-0.2, -0.15) is 0 Å². The van der Waals surface area contributed by atoms with Gasteiger partial charge in [-0.15, -0.1) is 0 Å². The first-order valence-corrected chi connectivity index (χ1v) is 9.88. The van der Waals surface area contributed by atoms with Crippen molar-refractivity contribution in [1.82, 2.24) is 5.32 Å². The highest BCUT2D eigenvalue weighted by molar-refractivity contribution is 5.73. The van der Waals surface area contributed by atoms with Crippen LogP contribution in [0.5, 0.6) is 0 Å². The van der Waals surface area contributed by atoms with Crippen LogP contribution in [0, 0.1) is 5.92 Å². The van der Waals surface area contributed by atoms with E-state index in [-0.39, 0.29) is 25.0 Å². The molecule has 0 spiro atoms. The van der Waals surface area contributed by atoms with E-state index in [2.05, 4.69) is 19.2 Å². The minimum Gasteiger partial charge on any atom is -0.460 e. The van der Waals surface area contributed by atoms with Crippen LogP contribution < -0.4 is 5.32 Å². The molecule has 0 saturated carbocycles. The van der Waals surface area contributed by atoms with Gasteiger partial charge >= 0.3 is 12.1 Å². The SMILES string of the molecule is CCCC[C@@H](C)C[C@@H](CC(=O)OC(C)(C)C)NC(=O)OCc1ccccc1. The Morgan fingerprint density at radius 1 is 1.15 bits per heavy atom. The monoisotopic (exact) mass is 377 g/mol. The smallest absolute Gasteiger partial charge is 0.407 e. The highest BCUT2D eigenvalue weighted by Gasteiger charge is 2.23. The van der Waals surface area contributed by atoms with Gasteiger partial charge in [0.25, 0.3) is 0 Å². The number of hydrogen-bond acceptors (Lipinski definition) is 4. The Morgan fingerprint density at radius 2 is 1.81 bits per heavy atom. The summed E-state index contributed by atoms with van der Waals surface area (Å²) in [6.45, 7) is 10.0. The molecule has 5 heteroatoms. The topological polar surface area (TPSA) is 64.6 Å². The standard InChI is InChI=1S/C22H35NO4/c1-6-7-11-17(2)14-19(15-20(24)27-22(3,4)5)23-21(25)26-16-18-12-9-8-10-13-18/h8-10,12-13,17,19H,6-7,11,14-16H2,1-5H3,(H,23,25)/t17-,19+/m1/s1. The minimum atomic E-state index is -0.538. The molecule has 2 atom stereocenters. The molecule has 1 aromatic carbocycles. The first-order chi connectivity index (χ1) is 12.7. The zero-order valence-electron chi connectivity index (χ0n) is 17.4. The molecule has 0 fully saturated rings. The molecule has 0 heterocycles. The second-order valence-electron chi connectivity index (χ2n) is 8.18. The Labute approximate surface area is 163 Å². The van der Waals surface area contributed by atoms with E-state index in [0.717, 1.165) is 31.2 Å². The molecule has 0 aromatic heterocycles. The van der Waals surface area contributed by atoms with Crippen LogP contribution in [-0.2, 0) is 20.9 Å². The number of amides is 1. The van der Waals surface area contributed by atoms with Crippen molar-refractivity contribution in [1.29, 1.82) is 0 Å². The van der Waals surface area contributed by atoms with E-state index in [1.165, 1.54) is 0 Å². The molecule has 0 aliphatic carbocycles. The highest BCUT2D eigenvalue weighted by Crippen LogP contribution is 2.18. The largest absolute Gasteiger partial charge is 0.460 e. The van der Waals surface area contributed by atoms with E-state index >= 15 is 0 Å². The van der Waals surface area contributed by atoms with E-state index in [4.69, 9.17) is 9.47 Å². The molecule has 5 nitrogen and oxygen atoms in total. The summed E-state index contributed by atoms with van der Waals surface area (Å²) in [5, 5.41) is 2.85. The third-order valence-corrected chi connectivity index (χ3v) is 4.11. The summed E-state index contributed by atoms with van der Waals surface area (Å²) in [6, 6.07) is 9.22. The predicted molar refractivity (Wildman–Crippen MR) is 107 cm³/mol. The number of nitrogens with one attached hydrogen (secondary N) is 1. The Morgan fingerprint density at radius 3 is 2.41 bits per heavy atom. The van der Waals surface area contributed by atoms with Crippen molar-refractivity contribution in [2.45, 2.75) is 85.0 Å². The fourth-order valence-electron chi connectivity index (χ4n) is 2.87. The maximum atomic E-state index is 12.2. The van der Waals surface area contributed by atoms with Crippen LogP contribution in [0.4, 0.5) is 4.79 Å². The van der Waals surface area contributed by atoms with Crippen LogP contribution in [0.3, 0.4) is 0 Å². The number of rotatable bonds is 10. The van der Waals surface area contributed by atoms with Crippen LogP contribution in [0.1, 0.15) is 72.3 Å². The van der Waals surface area contributed by atoms with E-state index in [9.17, 15) is 9.59 Å². The van der Waals surface area contributed by atoms with E-state index in [1.807, 2.05) is 51.1 Å². The number of ether oxygens (including phenoxy) is 2. The molecule has 0 aliphatic rings. The van der Waals surface area contributed by atoms with Crippen molar-refractivity contribution >= 4 is 12.1 Å². The predicted octanol–water partition coefficient (Wildman–Crippen LogP) is 5.23. The number of alkyl carbamates (subject to hydrolysis) is 1. The lowest BCUT2D eigenvalue weighted by atomic mass is 9.94. The fourth-order valence-corrected chi connectivity index (χ4v) is 2.87. The summed E-state index contributed by atoms with van der Waals surface area (Å²) in [4.78, 5) is 24.4. The van der Waals surface area contributed by atoms with Crippen molar-refractivity contribution < 1.29 is 19.1 Å². The summed E-state index contributed by atoms with van der Waals surface area (Å²) in [5.74, 6) is 0.102. The van der Waals surface area contributed by atoms with Crippen molar-refractivity contribution in [3.63, 3.8) is 0 Å². The van der Waals surface area contributed by atoms with Gasteiger partial charge in [-0.1, -0.05) is 63.4 Å². The summed E-state index contributed by atoms with van der Waals surface area (Å²) in [5.41, 5.74) is 0.385. The quantitative estimate of drug-likeness (QED) is 0.567. The number of unbranched alkanes of at least 4 members (excludes halogenated alkanes) is 1. The van der Waals surface area contributed by atoms with Crippen LogP contribution in [-0.4, -0.2) is 23.7 Å². The van der Waals surface area contributed by atoms with E-state index in [1.54, 1.807) is 0 Å². The van der Waals surface area contributed by atoms with Crippen molar-refractivity contribution in [3.05, 3.63) is 35.9 Å². The number of hydrogen-bond donors (Lipinski definition) is 1. The molecule has 0 aliphatic heterocycles. The number of carbonyl (C=O) groups is 2. The second-order valence-corrected chi connectivity index (χ2v) is 8.18. The summed E-state index contributed by atoms with van der Waals surface area (Å²) >= 11 is 0. The molecule has 1 aromatic rings. The lowest BCUT2D eigenvalue weighted by molar-refractivity contribution is -0.155. The lowest BCUT2D eigenvalue weighted by Gasteiger charge is -2.24. The molecule has 1 N–H and O–H groups in total. The molecular formula is C22H35NO4. The molecule has 0 radical (unpaired) electrons.